The van der Waals surface area contributed by atoms with Crippen molar-refractivity contribution in [2.75, 3.05) is 13.2 Å². The Morgan fingerprint density at radius 1 is 1.07 bits per heavy atom. The van der Waals surface area contributed by atoms with E-state index in [1.807, 2.05) is 6.07 Å². The number of unbranched alkanes of at least 4 members (excludes halogenated alkanes) is 2. The van der Waals surface area contributed by atoms with Crippen molar-refractivity contribution in [3.63, 3.8) is 0 Å². The van der Waals surface area contributed by atoms with Crippen LogP contribution in [0.15, 0.2) is 30.3 Å². The summed E-state index contributed by atoms with van der Waals surface area (Å²) in [6, 6.07) is 11.1. The van der Waals surface area contributed by atoms with Gasteiger partial charge in [0.25, 0.3) is 0 Å². The summed E-state index contributed by atoms with van der Waals surface area (Å²) in [5.41, 5.74) is 5.81. The Bertz CT molecular complexity index is 729. The van der Waals surface area contributed by atoms with Crippen molar-refractivity contribution < 1.29 is 9.47 Å². The van der Waals surface area contributed by atoms with Crippen molar-refractivity contribution >= 4 is 0 Å². The highest BCUT2D eigenvalue weighted by molar-refractivity contribution is 5.47. The van der Waals surface area contributed by atoms with Gasteiger partial charge in [0.05, 0.1) is 31.2 Å². The molecule has 2 heterocycles. The molecule has 0 aliphatic carbocycles. The highest BCUT2D eigenvalue weighted by Gasteiger charge is 2.23. The number of nitrogens with one attached hydrogen (secondary N) is 1. The third-order valence-corrected chi connectivity index (χ3v) is 4.95. The Hall–Kier alpha value is -1.91. The molecule has 0 fully saturated rings. The van der Waals surface area contributed by atoms with Gasteiger partial charge in [-0.25, -0.2) is 0 Å². The topological polar surface area (TPSA) is 43.4 Å². The van der Waals surface area contributed by atoms with Gasteiger partial charge in [-0.3, -0.25) is 4.98 Å². The molecule has 0 spiro atoms. The highest BCUT2D eigenvalue weighted by atomic mass is 16.5. The van der Waals surface area contributed by atoms with Crippen LogP contribution in [0, 0.1) is 6.92 Å². The Labute approximate surface area is 163 Å². The molecule has 2 aromatic rings. The van der Waals surface area contributed by atoms with Crippen molar-refractivity contribution in [2.45, 2.75) is 65.7 Å². The number of aryl methyl sites for hydroxylation is 1. The van der Waals surface area contributed by atoms with Gasteiger partial charge in [0, 0.05) is 23.6 Å². The molecule has 1 aliphatic rings. The molecular weight excluding hydrogens is 336 g/mol. The third-order valence-electron chi connectivity index (χ3n) is 4.95. The predicted octanol–water partition coefficient (Wildman–Crippen LogP) is 4.56. The SMILES string of the molecule is Cc1nc(Cc2ccccc2)c2c(c1OCCCCCNC(C)C)COC2. The Morgan fingerprint density at radius 2 is 1.85 bits per heavy atom. The van der Waals surface area contributed by atoms with E-state index in [4.69, 9.17) is 14.5 Å². The molecule has 0 radical (unpaired) electrons. The number of aromatic nitrogens is 1. The van der Waals surface area contributed by atoms with Crippen molar-refractivity contribution in [3.8, 4) is 5.75 Å². The van der Waals surface area contributed by atoms with Gasteiger partial charge in [-0.05, 0) is 38.3 Å². The number of rotatable bonds is 10. The van der Waals surface area contributed by atoms with E-state index in [-0.39, 0.29) is 0 Å². The zero-order valence-electron chi connectivity index (χ0n) is 16.9. The quantitative estimate of drug-likeness (QED) is 0.625. The third kappa shape index (κ3) is 5.53. The molecule has 0 saturated heterocycles. The molecule has 1 aromatic carbocycles. The van der Waals surface area contributed by atoms with Crippen LogP contribution in [0.4, 0.5) is 0 Å². The molecule has 0 atom stereocenters. The summed E-state index contributed by atoms with van der Waals surface area (Å²) < 4.78 is 11.9. The first-order chi connectivity index (χ1) is 13.1. The summed E-state index contributed by atoms with van der Waals surface area (Å²) in [4.78, 5) is 4.87. The maximum absolute atomic E-state index is 6.15. The second kappa shape index (κ2) is 9.86. The lowest BCUT2D eigenvalue weighted by Gasteiger charge is -2.15. The van der Waals surface area contributed by atoms with Gasteiger partial charge in [-0.1, -0.05) is 44.2 Å². The summed E-state index contributed by atoms with van der Waals surface area (Å²) in [5.74, 6) is 0.944. The van der Waals surface area contributed by atoms with Gasteiger partial charge < -0.3 is 14.8 Å². The molecule has 146 valence electrons. The van der Waals surface area contributed by atoms with Crippen LogP contribution < -0.4 is 10.1 Å². The van der Waals surface area contributed by atoms with E-state index < -0.39 is 0 Å². The average Bonchev–Trinajstić information content (AvgIpc) is 3.13. The molecule has 0 bridgehead atoms. The number of ether oxygens (including phenoxy) is 2. The van der Waals surface area contributed by atoms with Crippen LogP contribution in [-0.4, -0.2) is 24.2 Å². The zero-order valence-corrected chi connectivity index (χ0v) is 16.9. The van der Waals surface area contributed by atoms with E-state index >= 15 is 0 Å². The molecule has 4 nitrogen and oxygen atoms in total. The maximum atomic E-state index is 6.15. The van der Waals surface area contributed by atoms with Crippen LogP contribution in [0.1, 0.15) is 61.2 Å². The fraction of sp³-hybridized carbons (Fsp3) is 0.522. The monoisotopic (exact) mass is 368 g/mol. The summed E-state index contributed by atoms with van der Waals surface area (Å²) >= 11 is 0. The van der Waals surface area contributed by atoms with Crippen LogP contribution >= 0.6 is 0 Å². The first-order valence-corrected chi connectivity index (χ1v) is 10.1. The molecule has 0 unspecified atom stereocenters. The standard InChI is InChI=1S/C23H32N2O2/c1-17(2)24-12-8-5-9-13-27-23-18(3)25-22(20-15-26-16-21(20)23)14-19-10-6-4-7-11-19/h4,6-7,10-11,17,24H,5,8-9,12-16H2,1-3H3. The number of pyridine rings is 1. The van der Waals surface area contributed by atoms with Gasteiger partial charge in [-0.2, -0.15) is 0 Å². The van der Waals surface area contributed by atoms with Gasteiger partial charge in [0.15, 0.2) is 0 Å². The van der Waals surface area contributed by atoms with Crippen LogP contribution in [-0.2, 0) is 24.4 Å². The Kier molecular flexibility index (Phi) is 7.25. The Balaban J connectivity index is 1.59. The minimum absolute atomic E-state index is 0.562. The van der Waals surface area contributed by atoms with E-state index in [2.05, 4.69) is 50.4 Å². The summed E-state index contributed by atoms with van der Waals surface area (Å²) in [5, 5.41) is 3.46. The number of hydrogen-bond acceptors (Lipinski definition) is 4. The smallest absolute Gasteiger partial charge is 0.146 e. The van der Waals surface area contributed by atoms with Gasteiger partial charge >= 0.3 is 0 Å². The van der Waals surface area contributed by atoms with Crippen LogP contribution in [0.5, 0.6) is 5.75 Å². The summed E-state index contributed by atoms with van der Waals surface area (Å²) in [6.07, 6.45) is 4.28. The molecule has 1 aliphatic heterocycles. The van der Waals surface area contributed by atoms with Crippen LogP contribution in [0.3, 0.4) is 0 Å². The number of hydrogen-bond donors (Lipinski definition) is 1. The molecule has 1 N–H and O–H groups in total. The van der Waals surface area contributed by atoms with E-state index in [1.165, 1.54) is 29.5 Å². The van der Waals surface area contributed by atoms with Crippen molar-refractivity contribution in [3.05, 3.63) is 58.4 Å². The molecule has 0 amide bonds. The fourth-order valence-corrected chi connectivity index (χ4v) is 3.52. The highest BCUT2D eigenvalue weighted by Crippen LogP contribution is 2.34. The molecular formula is C23H32N2O2. The number of fused-ring (bicyclic) bond motifs is 1. The molecule has 3 rings (SSSR count). The summed E-state index contributed by atoms with van der Waals surface area (Å²) in [6.45, 7) is 9.52. The minimum atomic E-state index is 0.562. The van der Waals surface area contributed by atoms with E-state index in [0.29, 0.717) is 19.3 Å². The second-order valence-corrected chi connectivity index (χ2v) is 7.60. The second-order valence-electron chi connectivity index (χ2n) is 7.60. The van der Waals surface area contributed by atoms with Gasteiger partial charge in [-0.15, -0.1) is 0 Å². The zero-order chi connectivity index (χ0) is 19.1. The van der Waals surface area contributed by atoms with Crippen molar-refractivity contribution in [1.82, 2.24) is 10.3 Å². The van der Waals surface area contributed by atoms with Crippen molar-refractivity contribution in [1.29, 1.82) is 0 Å². The van der Waals surface area contributed by atoms with Gasteiger partial charge in [0.2, 0.25) is 0 Å². The lowest BCUT2D eigenvalue weighted by molar-refractivity contribution is 0.132. The van der Waals surface area contributed by atoms with Crippen LogP contribution in [0.2, 0.25) is 0 Å². The first-order valence-electron chi connectivity index (χ1n) is 10.1. The average molecular weight is 369 g/mol. The number of nitrogens with zero attached hydrogens (tertiary/aromatic N) is 1. The maximum Gasteiger partial charge on any atom is 0.146 e. The van der Waals surface area contributed by atoms with E-state index in [1.54, 1.807) is 0 Å². The molecule has 4 heteroatoms. The van der Waals surface area contributed by atoms with Crippen molar-refractivity contribution in [2.24, 2.45) is 0 Å². The molecule has 0 saturated carbocycles. The lowest BCUT2D eigenvalue weighted by atomic mass is 10.0. The Morgan fingerprint density at radius 3 is 2.63 bits per heavy atom. The predicted molar refractivity (Wildman–Crippen MR) is 109 cm³/mol. The van der Waals surface area contributed by atoms with Gasteiger partial charge in [0.1, 0.15) is 5.75 Å². The number of benzene rings is 1. The first kappa shape index (κ1) is 19.8. The van der Waals surface area contributed by atoms with Crippen LogP contribution in [0.25, 0.3) is 0 Å². The minimum Gasteiger partial charge on any atom is -0.491 e. The lowest BCUT2D eigenvalue weighted by Crippen LogP contribution is -2.23. The molecule has 1 aromatic heterocycles. The van der Waals surface area contributed by atoms with E-state index in [0.717, 1.165) is 43.1 Å². The van der Waals surface area contributed by atoms with E-state index in [9.17, 15) is 0 Å². The molecule has 27 heavy (non-hydrogen) atoms. The summed E-state index contributed by atoms with van der Waals surface area (Å²) in [7, 11) is 0. The largest absolute Gasteiger partial charge is 0.491 e. The fourth-order valence-electron chi connectivity index (χ4n) is 3.52. The normalized spacial score (nSPS) is 13.2.